The van der Waals surface area contributed by atoms with Gasteiger partial charge in [0.15, 0.2) is 0 Å². The van der Waals surface area contributed by atoms with Crippen molar-refractivity contribution in [3.05, 3.63) is 29.3 Å². The van der Waals surface area contributed by atoms with E-state index in [9.17, 15) is 13.2 Å². The van der Waals surface area contributed by atoms with E-state index >= 15 is 0 Å². The molecule has 0 aliphatic carbocycles. The molecule has 1 aromatic carbocycles. The van der Waals surface area contributed by atoms with Crippen LogP contribution in [0, 0.1) is 11.8 Å². The summed E-state index contributed by atoms with van der Waals surface area (Å²) in [5.74, 6) is 1.22. The van der Waals surface area contributed by atoms with Crippen LogP contribution in [-0.2, 0) is 12.7 Å². The molecule has 0 atom stereocenters. The molecule has 0 bridgehead atoms. The van der Waals surface area contributed by atoms with Crippen LogP contribution in [0.1, 0.15) is 25.0 Å². The first kappa shape index (κ1) is 14.2. The molecule has 19 heavy (non-hydrogen) atoms. The third-order valence-corrected chi connectivity index (χ3v) is 3.82. The van der Waals surface area contributed by atoms with Gasteiger partial charge in [-0.3, -0.25) is 0 Å². The maximum absolute atomic E-state index is 12.6. The van der Waals surface area contributed by atoms with Gasteiger partial charge in [-0.05, 0) is 35.6 Å². The number of hydrogen-bond acceptors (Lipinski definition) is 2. The van der Waals surface area contributed by atoms with Crippen molar-refractivity contribution in [1.82, 2.24) is 0 Å². The Kier molecular flexibility index (Phi) is 3.76. The maximum Gasteiger partial charge on any atom is 0.416 e. The van der Waals surface area contributed by atoms with E-state index in [-0.39, 0.29) is 6.54 Å². The third-order valence-electron chi connectivity index (χ3n) is 3.82. The third kappa shape index (κ3) is 2.86. The average Bonchev–Trinajstić information content (AvgIpc) is 2.25. The average molecular weight is 272 g/mol. The Balaban J connectivity index is 2.19. The molecule has 2 N–H and O–H groups in total. The second-order valence-electron chi connectivity index (χ2n) is 5.45. The molecule has 2 nitrogen and oxygen atoms in total. The second-order valence-corrected chi connectivity index (χ2v) is 5.45. The molecule has 2 rings (SSSR count). The number of anilines is 1. The van der Waals surface area contributed by atoms with Crippen LogP contribution in [0.25, 0.3) is 0 Å². The van der Waals surface area contributed by atoms with Crippen LogP contribution in [0.3, 0.4) is 0 Å². The lowest BCUT2D eigenvalue weighted by molar-refractivity contribution is -0.137. The lowest BCUT2D eigenvalue weighted by Gasteiger charge is -2.44. The van der Waals surface area contributed by atoms with Crippen molar-refractivity contribution < 1.29 is 13.2 Å². The Labute approximate surface area is 111 Å². The molecule has 106 valence electrons. The van der Waals surface area contributed by atoms with E-state index in [1.807, 2.05) is 0 Å². The fourth-order valence-corrected chi connectivity index (χ4v) is 2.36. The Hall–Kier alpha value is -1.23. The van der Waals surface area contributed by atoms with Crippen LogP contribution in [0.2, 0.25) is 0 Å². The van der Waals surface area contributed by atoms with Gasteiger partial charge >= 0.3 is 6.18 Å². The second kappa shape index (κ2) is 5.04. The molecule has 0 amide bonds. The summed E-state index contributed by atoms with van der Waals surface area (Å²) in [5.41, 5.74) is 6.36. The minimum atomic E-state index is -4.31. The van der Waals surface area contributed by atoms with Gasteiger partial charge in [0.2, 0.25) is 0 Å². The van der Waals surface area contributed by atoms with Crippen molar-refractivity contribution >= 4 is 5.69 Å². The highest BCUT2D eigenvalue weighted by Gasteiger charge is 2.33. The summed E-state index contributed by atoms with van der Waals surface area (Å²) < 4.78 is 37.9. The maximum atomic E-state index is 12.6. The molecule has 1 aliphatic heterocycles. The van der Waals surface area contributed by atoms with Crippen LogP contribution in [0.4, 0.5) is 18.9 Å². The number of alkyl halides is 3. The van der Waals surface area contributed by atoms with Gasteiger partial charge in [0, 0.05) is 25.3 Å². The highest BCUT2D eigenvalue weighted by Crippen LogP contribution is 2.35. The lowest BCUT2D eigenvalue weighted by Crippen LogP contribution is -2.49. The fraction of sp³-hybridized carbons (Fsp3) is 0.571. The van der Waals surface area contributed by atoms with Crippen LogP contribution in [0.15, 0.2) is 18.2 Å². The molecular formula is C14H19F3N2. The van der Waals surface area contributed by atoms with Gasteiger partial charge in [0.05, 0.1) is 5.56 Å². The van der Waals surface area contributed by atoms with Gasteiger partial charge < -0.3 is 10.6 Å². The SMILES string of the molecule is CC(C)C1CN(c2ccc(C(F)(F)F)cc2CN)C1. The normalized spacial score (nSPS) is 16.9. The van der Waals surface area contributed by atoms with Crippen LogP contribution >= 0.6 is 0 Å². The summed E-state index contributed by atoms with van der Waals surface area (Å²) in [5, 5.41) is 0. The zero-order valence-electron chi connectivity index (χ0n) is 11.2. The van der Waals surface area contributed by atoms with Crippen LogP contribution < -0.4 is 10.6 Å². The van der Waals surface area contributed by atoms with E-state index < -0.39 is 11.7 Å². The Morgan fingerprint density at radius 3 is 2.42 bits per heavy atom. The molecule has 1 saturated heterocycles. The first-order valence-electron chi connectivity index (χ1n) is 6.48. The van der Waals surface area contributed by atoms with Crippen molar-refractivity contribution in [3.63, 3.8) is 0 Å². The van der Waals surface area contributed by atoms with Crippen molar-refractivity contribution in [2.75, 3.05) is 18.0 Å². The van der Waals surface area contributed by atoms with Crippen LogP contribution in [-0.4, -0.2) is 13.1 Å². The Morgan fingerprint density at radius 1 is 1.32 bits per heavy atom. The van der Waals surface area contributed by atoms with Gasteiger partial charge in [-0.2, -0.15) is 13.2 Å². The van der Waals surface area contributed by atoms with E-state index in [4.69, 9.17) is 5.73 Å². The standard InChI is InChI=1S/C14H19F3N2/c1-9(2)11-7-19(8-11)13-4-3-12(14(15,16)17)5-10(13)6-18/h3-5,9,11H,6-8,18H2,1-2H3. The molecule has 1 aliphatic rings. The van der Waals surface area contributed by atoms with Gasteiger partial charge in [-0.25, -0.2) is 0 Å². The highest BCUT2D eigenvalue weighted by molar-refractivity contribution is 5.57. The molecule has 0 radical (unpaired) electrons. The van der Waals surface area contributed by atoms with Gasteiger partial charge in [-0.1, -0.05) is 13.8 Å². The predicted molar refractivity (Wildman–Crippen MR) is 69.9 cm³/mol. The summed E-state index contributed by atoms with van der Waals surface area (Å²) in [6, 6.07) is 3.84. The molecule has 1 aromatic rings. The number of hydrogen-bond donors (Lipinski definition) is 1. The molecule has 1 heterocycles. The van der Waals surface area contributed by atoms with E-state index in [0.717, 1.165) is 30.9 Å². The van der Waals surface area contributed by atoms with Gasteiger partial charge in [0.25, 0.3) is 0 Å². The molecule has 1 fully saturated rings. The number of nitrogens with zero attached hydrogens (tertiary/aromatic N) is 1. The predicted octanol–water partition coefficient (Wildman–Crippen LogP) is 3.26. The van der Waals surface area contributed by atoms with E-state index in [1.54, 1.807) is 6.07 Å². The van der Waals surface area contributed by atoms with E-state index in [2.05, 4.69) is 18.7 Å². The van der Waals surface area contributed by atoms with Crippen molar-refractivity contribution in [1.29, 1.82) is 0 Å². The minimum absolute atomic E-state index is 0.127. The number of nitrogens with two attached hydrogens (primary N) is 1. The van der Waals surface area contributed by atoms with Crippen molar-refractivity contribution in [2.24, 2.45) is 17.6 Å². The zero-order valence-corrected chi connectivity index (χ0v) is 11.2. The minimum Gasteiger partial charge on any atom is -0.371 e. The van der Waals surface area contributed by atoms with Crippen molar-refractivity contribution in [3.8, 4) is 0 Å². The summed E-state index contributed by atoms with van der Waals surface area (Å²) >= 11 is 0. The Bertz CT molecular complexity index is 448. The zero-order chi connectivity index (χ0) is 14.2. The lowest BCUT2D eigenvalue weighted by atomic mass is 9.87. The van der Waals surface area contributed by atoms with Crippen LogP contribution in [0.5, 0.6) is 0 Å². The van der Waals surface area contributed by atoms with Crippen molar-refractivity contribution in [2.45, 2.75) is 26.6 Å². The first-order chi connectivity index (χ1) is 8.82. The van der Waals surface area contributed by atoms with Gasteiger partial charge in [0.1, 0.15) is 0 Å². The first-order valence-corrected chi connectivity index (χ1v) is 6.48. The molecule has 0 unspecified atom stereocenters. The molecule has 0 saturated carbocycles. The topological polar surface area (TPSA) is 29.3 Å². The Morgan fingerprint density at radius 2 is 1.95 bits per heavy atom. The summed E-state index contributed by atoms with van der Waals surface area (Å²) in [4.78, 5) is 2.10. The number of benzene rings is 1. The molecule has 0 spiro atoms. The fourth-order valence-electron chi connectivity index (χ4n) is 2.36. The summed E-state index contributed by atoms with van der Waals surface area (Å²) in [6.07, 6.45) is -4.31. The van der Waals surface area contributed by atoms with Gasteiger partial charge in [-0.15, -0.1) is 0 Å². The molecule has 0 aromatic heterocycles. The van der Waals surface area contributed by atoms with E-state index in [0.29, 0.717) is 17.4 Å². The number of halogens is 3. The quantitative estimate of drug-likeness (QED) is 0.915. The monoisotopic (exact) mass is 272 g/mol. The summed E-state index contributed by atoms with van der Waals surface area (Å²) in [6.45, 7) is 6.26. The van der Waals surface area contributed by atoms with E-state index in [1.165, 1.54) is 0 Å². The molecular weight excluding hydrogens is 253 g/mol. The largest absolute Gasteiger partial charge is 0.416 e. The highest BCUT2D eigenvalue weighted by atomic mass is 19.4. The number of rotatable bonds is 3. The summed E-state index contributed by atoms with van der Waals surface area (Å²) in [7, 11) is 0. The smallest absolute Gasteiger partial charge is 0.371 e. The molecule has 5 heteroatoms.